The van der Waals surface area contributed by atoms with Crippen molar-refractivity contribution < 1.29 is 9.84 Å². The highest BCUT2D eigenvalue weighted by Crippen LogP contribution is 2.37. The molecule has 0 aromatic heterocycles. The van der Waals surface area contributed by atoms with Crippen molar-refractivity contribution in [2.45, 2.75) is 45.4 Å². The number of unbranched alkanes of at least 4 members (excludes halogenated alkanes) is 3. The van der Waals surface area contributed by atoms with Crippen molar-refractivity contribution in [3.8, 4) is 5.75 Å². The molecule has 1 aromatic carbocycles. The largest absolute Gasteiger partial charge is 0.492 e. The van der Waals surface area contributed by atoms with Gasteiger partial charge < -0.3 is 9.84 Å². The third kappa shape index (κ3) is 5.84. The molecule has 1 N–H and O–H groups in total. The number of hydrogen-bond donors (Lipinski definition) is 1. The molecule has 0 unspecified atom stereocenters. The SMILES string of the molecule is CC(C)c1cc(Br)cc(Br)c1OCCCCCCO. The van der Waals surface area contributed by atoms with E-state index in [1.165, 1.54) is 5.56 Å². The lowest BCUT2D eigenvalue weighted by Gasteiger charge is -2.16. The van der Waals surface area contributed by atoms with Crippen molar-refractivity contribution in [1.29, 1.82) is 0 Å². The molecule has 0 saturated carbocycles. The molecule has 108 valence electrons. The minimum absolute atomic E-state index is 0.288. The number of aliphatic hydroxyl groups excluding tert-OH is 1. The van der Waals surface area contributed by atoms with E-state index >= 15 is 0 Å². The van der Waals surface area contributed by atoms with Crippen LogP contribution in [0.4, 0.5) is 0 Å². The van der Waals surface area contributed by atoms with Crippen LogP contribution in [0.25, 0.3) is 0 Å². The van der Waals surface area contributed by atoms with Gasteiger partial charge in [-0.25, -0.2) is 0 Å². The Morgan fingerprint density at radius 1 is 1.11 bits per heavy atom. The van der Waals surface area contributed by atoms with Gasteiger partial charge in [-0.1, -0.05) is 36.2 Å². The smallest absolute Gasteiger partial charge is 0.136 e. The molecule has 0 aliphatic rings. The molecular weight excluding hydrogens is 372 g/mol. The highest BCUT2D eigenvalue weighted by Gasteiger charge is 2.13. The Kier molecular flexibility index (Phi) is 8.03. The van der Waals surface area contributed by atoms with Crippen molar-refractivity contribution >= 4 is 31.9 Å². The topological polar surface area (TPSA) is 29.5 Å². The van der Waals surface area contributed by atoms with Gasteiger partial charge in [-0.15, -0.1) is 0 Å². The van der Waals surface area contributed by atoms with Crippen LogP contribution < -0.4 is 4.74 Å². The summed E-state index contributed by atoms with van der Waals surface area (Å²) in [7, 11) is 0. The number of halogens is 2. The second-order valence-electron chi connectivity index (χ2n) is 4.95. The molecule has 0 radical (unpaired) electrons. The second kappa shape index (κ2) is 8.98. The zero-order valence-electron chi connectivity index (χ0n) is 11.6. The van der Waals surface area contributed by atoms with E-state index in [4.69, 9.17) is 9.84 Å². The predicted molar refractivity (Wildman–Crippen MR) is 87.0 cm³/mol. The molecule has 0 aliphatic heterocycles. The Bertz CT molecular complexity index is 392. The molecule has 1 rings (SSSR count). The van der Waals surface area contributed by atoms with E-state index in [0.717, 1.165) is 47.0 Å². The Labute approximate surface area is 132 Å². The number of rotatable bonds is 8. The molecule has 0 heterocycles. The summed E-state index contributed by atoms with van der Waals surface area (Å²) in [4.78, 5) is 0. The molecule has 0 spiro atoms. The predicted octanol–water partition coefficient (Wildman–Crippen LogP) is 5.27. The van der Waals surface area contributed by atoms with E-state index in [0.29, 0.717) is 5.92 Å². The molecular formula is C15H22Br2O2. The van der Waals surface area contributed by atoms with Gasteiger partial charge in [0.2, 0.25) is 0 Å². The van der Waals surface area contributed by atoms with E-state index in [-0.39, 0.29) is 6.61 Å². The molecule has 0 atom stereocenters. The van der Waals surface area contributed by atoms with Crippen LogP contribution in [0.15, 0.2) is 21.1 Å². The van der Waals surface area contributed by atoms with Gasteiger partial charge in [-0.2, -0.15) is 0 Å². The number of benzene rings is 1. The summed E-state index contributed by atoms with van der Waals surface area (Å²) in [6.07, 6.45) is 4.09. The zero-order valence-corrected chi connectivity index (χ0v) is 14.8. The first-order valence-electron chi connectivity index (χ1n) is 6.79. The summed E-state index contributed by atoms with van der Waals surface area (Å²) in [6, 6.07) is 4.14. The van der Waals surface area contributed by atoms with Gasteiger partial charge in [0.05, 0.1) is 11.1 Å². The average Bonchev–Trinajstić information content (AvgIpc) is 2.34. The van der Waals surface area contributed by atoms with Gasteiger partial charge in [0.1, 0.15) is 5.75 Å². The normalized spacial score (nSPS) is 11.1. The van der Waals surface area contributed by atoms with Gasteiger partial charge in [0.15, 0.2) is 0 Å². The van der Waals surface area contributed by atoms with Crippen molar-refractivity contribution in [2.75, 3.05) is 13.2 Å². The van der Waals surface area contributed by atoms with E-state index in [2.05, 4.69) is 51.8 Å². The highest BCUT2D eigenvalue weighted by molar-refractivity contribution is 9.11. The van der Waals surface area contributed by atoms with Crippen LogP contribution in [-0.2, 0) is 0 Å². The molecule has 0 aliphatic carbocycles. The number of hydrogen-bond acceptors (Lipinski definition) is 2. The molecule has 4 heteroatoms. The standard InChI is InChI=1S/C15H22Br2O2/c1-11(2)13-9-12(16)10-14(17)15(13)19-8-6-4-3-5-7-18/h9-11,18H,3-8H2,1-2H3. The summed E-state index contributed by atoms with van der Waals surface area (Å²) in [6.45, 7) is 5.35. The van der Waals surface area contributed by atoms with Gasteiger partial charge >= 0.3 is 0 Å². The fourth-order valence-electron chi connectivity index (χ4n) is 1.90. The van der Waals surface area contributed by atoms with Crippen molar-refractivity contribution in [2.24, 2.45) is 0 Å². The second-order valence-corrected chi connectivity index (χ2v) is 6.72. The summed E-state index contributed by atoms with van der Waals surface area (Å²) < 4.78 is 8.00. The molecule has 0 amide bonds. The van der Waals surface area contributed by atoms with Gasteiger partial charge in [-0.3, -0.25) is 0 Å². The maximum atomic E-state index is 8.72. The van der Waals surface area contributed by atoms with Crippen molar-refractivity contribution in [3.63, 3.8) is 0 Å². The molecule has 0 saturated heterocycles. The zero-order chi connectivity index (χ0) is 14.3. The minimum atomic E-state index is 0.288. The maximum Gasteiger partial charge on any atom is 0.136 e. The van der Waals surface area contributed by atoms with Crippen LogP contribution in [0.1, 0.15) is 51.0 Å². The first-order valence-corrected chi connectivity index (χ1v) is 8.37. The van der Waals surface area contributed by atoms with Crippen LogP contribution in [-0.4, -0.2) is 18.3 Å². The van der Waals surface area contributed by atoms with Crippen molar-refractivity contribution in [1.82, 2.24) is 0 Å². The van der Waals surface area contributed by atoms with Crippen LogP contribution in [0.2, 0.25) is 0 Å². The lowest BCUT2D eigenvalue weighted by molar-refractivity contribution is 0.272. The lowest BCUT2D eigenvalue weighted by atomic mass is 10.0. The summed E-state index contributed by atoms with van der Waals surface area (Å²) >= 11 is 7.09. The highest BCUT2D eigenvalue weighted by atomic mass is 79.9. The van der Waals surface area contributed by atoms with Crippen LogP contribution >= 0.6 is 31.9 Å². The third-order valence-electron chi connectivity index (χ3n) is 2.96. The molecule has 0 fully saturated rings. The van der Waals surface area contributed by atoms with Crippen molar-refractivity contribution in [3.05, 3.63) is 26.6 Å². The fourth-order valence-corrected chi connectivity index (χ4v) is 3.28. The van der Waals surface area contributed by atoms with Crippen LogP contribution in [0.3, 0.4) is 0 Å². The molecule has 2 nitrogen and oxygen atoms in total. The Morgan fingerprint density at radius 2 is 1.79 bits per heavy atom. The first kappa shape index (κ1) is 17.0. The van der Waals surface area contributed by atoms with Gasteiger partial charge in [-0.05, 0) is 58.8 Å². The van der Waals surface area contributed by atoms with E-state index in [1.807, 2.05) is 6.07 Å². The summed E-state index contributed by atoms with van der Waals surface area (Å²) in [5.74, 6) is 1.39. The Balaban J connectivity index is 2.57. The van der Waals surface area contributed by atoms with E-state index in [9.17, 15) is 0 Å². The lowest BCUT2D eigenvalue weighted by Crippen LogP contribution is -2.02. The summed E-state index contributed by atoms with van der Waals surface area (Å²) in [5.41, 5.74) is 1.22. The van der Waals surface area contributed by atoms with Gasteiger partial charge in [0, 0.05) is 11.1 Å². The monoisotopic (exact) mass is 392 g/mol. The third-order valence-corrected chi connectivity index (χ3v) is 4.00. The van der Waals surface area contributed by atoms with Crippen LogP contribution in [0.5, 0.6) is 5.75 Å². The number of ether oxygens (including phenoxy) is 1. The Hall–Kier alpha value is -0.0600. The summed E-state index contributed by atoms with van der Waals surface area (Å²) in [5, 5.41) is 8.72. The minimum Gasteiger partial charge on any atom is -0.492 e. The molecule has 1 aromatic rings. The Morgan fingerprint density at radius 3 is 2.42 bits per heavy atom. The number of aliphatic hydroxyl groups is 1. The van der Waals surface area contributed by atoms with Crippen LogP contribution in [0, 0.1) is 0 Å². The molecule has 19 heavy (non-hydrogen) atoms. The average molecular weight is 394 g/mol. The van der Waals surface area contributed by atoms with E-state index < -0.39 is 0 Å². The quantitative estimate of drug-likeness (QED) is 0.609. The molecule has 0 bridgehead atoms. The first-order chi connectivity index (χ1) is 9.06. The fraction of sp³-hybridized carbons (Fsp3) is 0.600. The maximum absolute atomic E-state index is 8.72. The van der Waals surface area contributed by atoms with Gasteiger partial charge in [0.25, 0.3) is 0 Å². The van der Waals surface area contributed by atoms with E-state index in [1.54, 1.807) is 0 Å².